The van der Waals surface area contributed by atoms with E-state index in [0.717, 1.165) is 35.3 Å². The van der Waals surface area contributed by atoms with Crippen molar-refractivity contribution in [3.8, 4) is 11.5 Å². The number of fused-ring (bicyclic) bond motifs is 5. The molecule has 1 fully saturated rings. The third-order valence-corrected chi connectivity index (χ3v) is 4.12. The Morgan fingerprint density at radius 2 is 2.10 bits per heavy atom. The Hall–Kier alpha value is -2.20. The summed E-state index contributed by atoms with van der Waals surface area (Å²) in [7, 11) is 1.79. The van der Waals surface area contributed by atoms with Crippen LogP contribution in [-0.4, -0.2) is 19.6 Å². The molecule has 2 aliphatic rings. The molecule has 0 amide bonds. The predicted octanol–water partition coefficient (Wildman–Crippen LogP) is 3.58. The molecule has 2 aliphatic heterocycles. The number of nitrogens with zero attached hydrogens (tertiary/aromatic N) is 2. The van der Waals surface area contributed by atoms with Crippen molar-refractivity contribution in [2.45, 2.75) is 6.04 Å². The fraction of sp³-hybridized carbons (Fsp3) is 0.188. The summed E-state index contributed by atoms with van der Waals surface area (Å²) >= 11 is 6.13. The van der Waals surface area contributed by atoms with Gasteiger partial charge in [0.05, 0.1) is 11.7 Å². The first kappa shape index (κ1) is 12.5. The number of benzene rings is 2. The zero-order valence-corrected chi connectivity index (χ0v) is 12.3. The molecule has 0 spiro atoms. The van der Waals surface area contributed by atoms with Gasteiger partial charge in [0.15, 0.2) is 11.7 Å². The van der Waals surface area contributed by atoms with Crippen LogP contribution < -0.4 is 15.0 Å². The predicted molar refractivity (Wildman–Crippen MR) is 84.5 cm³/mol. The fourth-order valence-electron chi connectivity index (χ4n) is 2.97. The van der Waals surface area contributed by atoms with E-state index in [4.69, 9.17) is 16.3 Å². The van der Waals surface area contributed by atoms with E-state index >= 15 is 0 Å². The molecule has 1 atom stereocenters. The zero-order chi connectivity index (χ0) is 14.4. The summed E-state index contributed by atoms with van der Waals surface area (Å²) < 4.78 is 6.10. The smallest absolute Gasteiger partial charge is 0.199 e. The quantitative estimate of drug-likeness (QED) is 0.808. The standard InChI is InChI=1S/C16H14ClN3O/c1-18-16-19-9-13-11-4-2-3-5-14(11)21-15-8-10(17)6-7-12(15)20(13)16/h2-8,13H,9H2,1H3,(H,18,19). The molecule has 0 aromatic heterocycles. The number of nitrogens with one attached hydrogen (secondary N) is 1. The van der Waals surface area contributed by atoms with Gasteiger partial charge in [-0.2, -0.15) is 0 Å². The minimum absolute atomic E-state index is 0.169. The van der Waals surface area contributed by atoms with Crippen LogP contribution in [-0.2, 0) is 0 Å². The van der Waals surface area contributed by atoms with E-state index in [0.29, 0.717) is 5.02 Å². The van der Waals surface area contributed by atoms with Crippen LogP contribution >= 0.6 is 11.6 Å². The second-order valence-corrected chi connectivity index (χ2v) is 5.50. The monoisotopic (exact) mass is 299 g/mol. The van der Waals surface area contributed by atoms with E-state index in [-0.39, 0.29) is 6.04 Å². The second kappa shape index (κ2) is 4.67. The lowest BCUT2D eigenvalue weighted by Crippen LogP contribution is -2.30. The van der Waals surface area contributed by atoms with Gasteiger partial charge in [0.25, 0.3) is 0 Å². The first-order chi connectivity index (χ1) is 10.3. The van der Waals surface area contributed by atoms with Crippen LogP contribution in [0.1, 0.15) is 11.6 Å². The Bertz CT molecular complexity index is 744. The van der Waals surface area contributed by atoms with Gasteiger partial charge in [0.2, 0.25) is 0 Å². The molecule has 0 aliphatic carbocycles. The summed E-state index contributed by atoms with van der Waals surface area (Å²) in [5.41, 5.74) is 2.13. The van der Waals surface area contributed by atoms with Crippen LogP contribution in [0.15, 0.2) is 47.5 Å². The van der Waals surface area contributed by atoms with Crippen LogP contribution in [0, 0.1) is 0 Å². The molecule has 2 aromatic rings. The van der Waals surface area contributed by atoms with Crippen molar-refractivity contribution in [1.29, 1.82) is 0 Å². The maximum Gasteiger partial charge on any atom is 0.199 e. The van der Waals surface area contributed by atoms with Crippen LogP contribution in [0.2, 0.25) is 5.02 Å². The summed E-state index contributed by atoms with van der Waals surface area (Å²) in [6.45, 7) is 0.801. The van der Waals surface area contributed by atoms with Crippen LogP contribution in [0.4, 0.5) is 5.69 Å². The molecule has 21 heavy (non-hydrogen) atoms. The minimum atomic E-state index is 0.169. The molecule has 4 rings (SSSR count). The molecule has 2 aromatic carbocycles. The molecule has 1 saturated heterocycles. The van der Waals surface area contributed by atoms with E-state index < -0.39 is 0 Å². The van der Waals surface area contributed by atoms with Gasteiger partial charge in [-0.05, 0) is 18.2 Å². The van der Waals surface area contributed by atoms with Crippen LogP contribution in [0.3, 0.4) is 0 Å². The summed E-state index contributed by atoms with van der Waals surface area (Å²) in [5, 5.41) is 4.02. The van der Waals surface area contributed by atoms with Crippen molar-refractivity contribution < 1.29 is 4.74 Å². The number of guanidine groups is 1. The first-order valence-corrected chi connectivity index (χ1v) is 7.22. The molecule has 106 valence electrons. The lowest BCUT2D eigenvalue weighted by atomic mass is 10.1. The average molecular weight is 300 g/mol. The molecule has 0 saturated carbocycles. The molecular weight excluding hydrogens is 286 g/mol. The van der Waals surface area contributed by atoms with Crippen molar-refractivity contribution in [3.63, 3.8) is 0 Å². The van der Waals surface area contributed by atoms with Gasteiger partial charge in [0, 0.05) is 30.2 Å². The van der Waals surface area contributed by atoms with Crippen molar-refractivity contribution in [2.24, 2.45) is 4.99 Å². The average Bonchev–Trinajstić information content (AvgIpc) is 2.86. The normalized spacial score (nSPS) is 21.0. The molecule has 4 nitrogen and oxygen atoms in total. The van der Waals surface area contributed by atoms with Crippen molar-refractivity contribution in [2.75, 3.05) is 18.5 Å². The lowest BCUT2D eigenvalue weighted by Gasteiger charge is -2.23. The van der Waals surface area contributed by atoms with Gasteiger partial charge in [-0.15, -0.1) is 0 Å². The first-order valence-electron chi connectivity index (χ1n) is 6.84. The zero-order valence-electron chi connectivity index (χ0n) is 11.5. The van der Waals surface area contributed by atoms with E-state index in [9.17, 15) is 0 Å². The molecule has 2 heterocycles. The largest absolute Gasteiger partial charge is 0.455 e. The number of rotatable bonds is 0. The number of hydrogen-bond donors (Lipinski definition) is 1. The third kappa shape index (κ3) is 1.87. The fourth-order valence-corrected chi connectivity index (χ4v) is 3.13. The highest BCUT2D eigenvalue weighted by molar-refractivity contribution is 6.30. The molecular formula is C16H14ClN3O. The lowest BCUT2D eigenvalue weighted by molar-refractivity contribution is 0.481. The van der Waals surface area contributed by atoms with Crippen molar-refractivity contribution >= 4 is 23.2 Å². The van der Waals surface area contributed by atoms with Gasteiger partial charge >= 0.3 is 0 Å². The highest BCUT2D eigenvalue weighted by Crippen LogP contribution is 2.46. The van der Waals surface area contributed by atoms with E-state index in [2.05, 4.69) is 21.3 Å². The van der Waals surface area contributed by atoms with Crippen LogP contribution in [0.5, 0.6) is 11.5 Å². The van der Waals surface area contributed by atoms with Gasteiger partial charge in [-0.25, -0.2) is 0 Å². The number of para-hydroxylation sites is 1. The maximum absolute atomic E-state index is 6.13. The summed E-state index contributed by atoms with van der Waals surface area (Å²) in [5.74, 6) is 2.47. The van der Waals surface area contributed by atoms with Gasteiger partial charge < -0.3 is 10.1 Å². The van der Waals surface area contributed by atoms with Crippen molar-refractivity contribution in [1.82, 2.24) is 5.32 Å². The highest BCUT2D eigenvalue weighted by atomic mass is 35.5. The molecule has 1 unspecified atom stereocenters. The summed E-state index contributed by atoms with van der Waals surface area (Å²) in [6.07, 6.45) is 0. The maximum atomic E-state index is 6.13. The Morgan fingerprint density at radius 3 is 2.95 bits per heavy atom. The molecule has 5 heteroatoms. The van der Waals surface area contributed by atoms with E-state index in [1.165, 1.54) is 0 Å². The Morgan fingerprint density at radius 1 is 1.24 bits per heavy atom. The Kier molecular flexibility index (Phi) is 2.79. The van der Waals surface area contributed by atoms with E-state index in [1.54, 1.807) is 7.05 Å². The summed E-state index contributed by atoms with van der Waals surface area (Å²) in [4.78, 5) is 6.53. The third-order valence-electron chi connectivity index (χ3n) is 3.88. The SMILES string of the molecule is CN=C1NCC2c3ccccc3Oc3cc(Cl)ccc3N12. The van der Waals surface area contributed by atoms with Gasteiger partial charge in [-0.3, -0.25) is 9.89 Å². The molecule has 0 bridgehead atoms. The number of halogens is 1. The second-order valence-electron chi connectivity index (χ2n) is 5.07. The topological polar surface area (TPSA) is 36.9 Å². The summed E-state index contributed by atoms with van der Waals surface area (Å²) in [6, 6.07) is 14.0. The van der Waals surface area contributed by atoms with Gasteiger partial charge in [-0.1, -0.05) is 29.8 Å². The van der Waals surface area contributed by atoms with Gasteiger partial charge in [0.1, 0.15) is 5.75 Å². The Balaban J connectivity index is 1.98. The number of anilines is 1. The van der Waals surface area contributed by atoms with Crippen LogP contribution in [0.25, 0.3) is 0 Å². The minimum Gasteiger partial charge on any atom is -0.455 e. The molecule has 1 N–H and O–H groups in total. The number of aliphatic imine (C=N–C) groups is 1. The Labute approximate surface area is 128 Å². The van der Waals surface area contributed by atoms with Crippen molar-refractivity contribution in [3.05, 3.63) is 53.1 Å². The number of ether oxygens (including phenoxy) is 1. The molecule has 0 radical (unpaired) electrons. The van der Waals surface area contributed by atoms with E-state index in [1.807, 2.05) is 36.4 Å². The number of hydrogen-bond acceptors (Lipinski definition) is 2. The highest BCUT2D eigenvalue weighted by Gasteiger charge is 2.37.